The monoisotopic (exact) mass is 433 g/mol. The predicted octanol–water partition coefficient (Wildman–Crippen LogP) is 4.70. The van der Waals surface area contributed by atoms with E-state index in [1.54, 1.807) is 14.0 Å². The lowest BCUT2D eigenvalue weighted by atomic mass is 10.1. The van der Waals surface area contributed by atoms with Crippen LogP contribution in [0.2, 0.25) is 0 Å². The molecule has 0 aliphatic carbocycles. The third kappa shape index (κ3) is 4.09. The summed E-state index contributed by atoms with van der Waals surface area (Å²) in [6.07, 6.45) is 0. The highest BCUT2D eigenvalue weighted by Crippen LogP contribution is 2.32. The van der Waals surface area contributed by atoms with Crippen molar-refractivity contribution in [3.8, 4) is 16.9 Å². The maximum absolute atomic E-state index is 13.3. The summed E-state index contributed by atoms with van der Waals surface area (Å²) in [6.45, 7) is 5.66. The summed E-state index contributed by atoms with van der Waals surface area (Å²) in [5, 5.41) is 5.33. The Morgan fingerprint density at radius 1 is 1.10 bits per heavy atom. The number of aryl methyl sites for hydroxylation is 3. The number of aromatic nitrogens is 2. The van der Waals surface area contributed by atoms with Gasteiger partial charge in [0.2, 0.25) is 5.91 Å². The van der Waals surface area contributed by atoms with Crippen LogP contribution >= 0.6 is 11.3 Å². The molecule has 7 heteroatoms. The van der Waals surface area contributed by atoms with E-state index in [0.717, 1.165) is 28.0 Å². The first-order valence-electron chi connectivity index (χ1n) is 9.87. The minimum Gasteiger partial charge on any atom is -0.497 e. The molecule has 0 saturated heterocycles. The van der Waals surface area contributed by atoms with Crippen LogP contribution in [0.15, 0.2) is 52.6 Å². The molecular weight excluding hydrogens is 410 g/mol. The first kappa shape index (κ1) is 20.8. The molecule has 1 N–H and O–H groups in total. The smallest absolute Gasteiger partial charge is 0.263 e. The molecule has 0 radical (unpaired) electrons. The number of carbonyl (C=O) groups excluding carboxylic acids is 1. The minimum absolute atomic E-state index is 0.0988. The van der Waals surface area contributed by atoms with Gasteiger partial charge >= 0.3 is 0 Å². The molecule has 31 heavy (non-hydrogen) atoms. The van der Waals surface area contributed by atoms with Crippen LogP contribution in [0.1, 0.15) is 17.0 Å². The van der Waals surface area contributed by atoms with Crippen molar-refractivity contribution in [3.05, 3.63) is 75.1 Å². The third-order valence-corrected chi connectivity index (χ3v) is 6.25. The minimum atomic E-state index is -0.268. The first-order valence-corrected chi connectivity index (χ1v) is 10.8. The van der Waals surface area contributed by atoms with Gasteiger partial charge in [-0.1, -0.05) is 18.2 Å². The van der Waals surface area contributed by atoms with Crippen LogP contribution in [0, 0.1) is 20.8 Å². The summed E-state index contributed by atoms with van der Waals surface area (Å²) >= 11 is 1.42. The largest absolute Gasteiger partial charge is 0.497 e. The number of carbonyl (C=O) groups is 1. The molecule has 4 aromatic rings. The molecule has 0 atom stereocenters. The van der Waals surface area contributed by atoms with Gasteiger partial charge in [-0.05, 0) is 61.7 Å². The second-order valence-corrected chi connectivity index (χ2v) is 8.31. The Morgan fingerprint density at radius 2 is 1.84 bits per heavy atom. The van der Waals surface area contributed by atoms with Crippen molar-refractivity contribution in [1.82, 2.24) is 9.55 Å². The quantitative estimate of drug-likeness (QED) is 0.495. The fourth-order valence-electron chi connectivity index (χ4n) is 3.46. The number of benzene rings is 2. The average molecular weight is 434 g/mol. The van der Waals surface area contributed by atoms with Crippen molar-refractivity contribution in [1.29, 1.82) is 0 Å². The number of rotatable bonds is 5. The molecule has 0 aliphatic heterocycles. The molecular formula is C24H23N3O3S. The van der Waals surface area contributed by atoms with E-state index >= 15 is 0 Å². The van der Waals surface area contributed by atoms with Crippen LogP contribution in [0.5, 0.6) is 5.75 Å². The maximum atomic E-state index is 13.3. The summed E-state index contributed by atoms with van der Waals surface area (Å²) in [5.74, 6) is 0.990. The van der Waals surface area contributed by atoms with Gasteiger partial charge in [-0.15, -0.1) is 11.3 Å². The van der Waals surface area contributed by atoms with Crippen molar-refractivity contribution >= 4 is 33.1 Å². The molecule has 158 valence electrons. The lowest BCUT2D eigenvalue weighted by molar-refractivity contribution is -0.116. The van der Waals surface area contributed by atoms with Crippen LogP contribution in [-0.4, -0.2) is 22.6 Å². The van der Waals surface area contributed by atoms with Crippen molar-refractivity contribution in [2.75, 3.05) is 12.4 Å². The molecule has 2 aromatic heterocycles. The second kappa shape index (κ2) is 8.35. The number of fused-ring (bicyclic) bond motifs is 1. The molecule has 0 spiro atoms. The second-order valence-electron chi connectivity index (χ2n) is 7.46. The molecule has 0 unspecified atom stereocenters. The SMILES string of the molecule is COc1ccc(-c2csc3nc(C)n(CC(=O)Nc4ccc(C)c(C)c4)c(=O)c23)cc1. The van der Waals surface area contributed by atoms with E-state index in [0.29, 0.717) is 21.7 Å². The topological polar surface area (TPSA) is 73.2 Å². The van der Waals surface area contributed by atoms with Crippen LogP contribution < -0.4 is 15.6 Å². The van der Waals surface area contributed by atoms with Gasteiger partial charge < -0.3 is 10.1 Å². The standard InChI is InChI=1S/C24H23N3O3S/c1-14-5-8-18(11-15(14)2)26-21(28)12-27-16(3)25-23-22(24(27)29)20(13-31-23)17-6-9-19(30-4)10-7-17/h5-11,13H,12H2,1-4H3,(H,26,28). The number of hydrogen-bond donors (Lipinski definition) is 1. The zero-order valence-corrected chi connectivity index (χ0v) is 18.7. The van der Waals surface area contributed by atoms with Gasteiger partial charge in [0, 0.05) is 16.6 Å². The van der Waals surface area contributed by atoms with Crippen molar-refractivity contribution in [3.63, 3.8) is 0 Å². The van der Waals surface area contributed by atoms with E-state index in [1.807, 2.05) is 61.7 Å². The Balaban J connectivity index is 1.68. The van der Waals surface area contributed by atoms with E-state index < -0.39 is 0 Å². The van der Waals surface area contributed by atoms with Crippen molar-refractivity contribution in [2.24, 2.45) is 0 Å². The summed E-state index contributed by atoms with van der Waals surface area (Å²) in [7, 11) is 1.61. The number of thiophene rings is 1. The Morgan fingerprint density at radius 3 is 2.52 bits per heavy atom. The van der Waals surface area contributed by atoms with Crippen LogP contribution in [0.4, 0.5) is 5.69 Å². The average Bonchev–Trinajstić information content (AvgIpc) is 3.17. The lowest BCUT2D eigenvalue weighted by Gasteiger charge is -2.11. The normalized spacial score (nSPS) is 11.0. The number of methoxy groups -OCH3 is 1. The molecule has 6 nitrogen and oxygen atoms in total. The van der Waals surface area contributed by atoms with Crippen LogP contribution in [0.3, 0.4) is 0 Å². The molecule has 0 aliphatic rings. The summed E-state index contributed by atoms with van der Waals surface area (Å²) < 4.78 is 6.65. The van der Waals surface area contributed by atoms with Gasteiger partial charge in [0.05, 0.1) is 12.5 Å². The number of nitrogens with zero attached hydrogens (tertiary/aromatic N) is 2. The highest BCUT2D eigenvalue weighted by molar-refractivity contribution is 7.17. The van der Waals surface area contributed by atoms with Crippen LogP contribution in [0.25, 0.3) is 21.3 Å². The number of amides is 1. The Bertz CT molecular complexity index is 1340. The molecule has 1 amide bonds. The van der Waals surface area contributed by atoms with E-state index in [2.05, 4.69) is 10.3 Å². The third-order valence-electron chi connectivity index (χ3n) is 5.38. The van der Waals surface area contributed by atoms with E-state index in [-0.39, 0.29) is 18.0 Å². The van der Waals surface area contributed by atoms with Gasteiger partial charge in [0.25, 0.3) is 5.56 Å². The highest BCUT2D eigenvalue weighted by Gasteiger charge is 2.17. The molecule has 0 bridgehead atoms. The summed E-state index contributed by atoms with van der Waals surface area (Å²) in [5.41, 5.74) is 4.45. The summed E-state index contributed by atoms with van der Waals surface area (Å²) in [4.78, 5) is 31.3. The van der Waals surface area contributed by atoms with Crippen molar-refractivity contribution < 1.29 is 9.53 Å². The molecule has 4 rings (SSSR count). The molecule has 2 heterocycles. The van der Waals surface area contributed by atoms with Gasteiger partial charge in [-0.2, -0.15) is 0 Å². The van der Waals surface area contributed by atoms with E-state index in [9.17, 15) is 9.59 Å². The zero-order chi connectivity index (χ0) is 22.1. The predicted molar refractivity (Wildman–Crippen MR) is 125 cm³/mol. The van der Waals surface area contributed by atoms with Gasteiger partial charge in [0.1, 0.15) is 22.9 Å². The fourth-order valence-corrected chi connectivity index (χ4v) is 4.44. The van der Waals surface area contributed by atoms with E-state index in [4.69, 9.17) is 4.74 Å². The highest BCUT2D eigenvalue weighted by atomic mass is 32.1. The Kier molecular flexibility index (Phi) is 5.61. The number of anilines is 1. The molecule has 2 aromatic carbocycles. The van der Waals surface area contributed by atoms with Gasteiger partial charge in [-0.3, -0.25) is 14.2 Å². The maximum Gasteiger partial charge on any atom is 0.263 e. The Hall–Kier alpha value is -3.45. The molecule has 0 fully saturated rings. The Labute approximate surface area is 184 Å². The zero-order valence-electron chi connectivity index (χ0n) is 17.9. The lowest BCUT2D eigenvalue weighted by Crippen LogP contribution is -2.30. The first-order chi connectivity index (χ1) is 14.9. The van der Waals surface area contributed by atoms with Gasteiger partial charge in [-0.25, -0.2) is 4.98 Å². The number of hydrogen-bond acceptors (Lipinski definition) is 5. The van der Waals surface area contributed by atoms with Crippen molar-refractivity contribution in [2.45, 2.75) is 27.3 Å². The fraction of sp³-hybridized carbons (Fsp3) is 0.208. The van der Waals surface area contributed by atoms with Gasteiger partial charge in [0.15, 0.2) is 0 Å². The number of nitrogens with one attached hydrogen (secondary N) is 1. The summed E-state index contributed by atoms with van der Waals surface area (Å²) in [6, 6.07) is 13.3. The van der Waals surface area contributed by atoms with Crippen LogP contribution in [-0.2, 0) is 11.3 Å². The number of ether oxygens (including phenoxy) is 1. The van der Waals surface area contributed by atoms with E-state index in [1.165, 1.54) is 15.9 Å². The molecule has 0 saturated carbocycles.